The Morgan fingerprint density at radius 1 is 1.35 bits per heavy atom. The fourth-order valence-electron chi connectivity index (χ4n) is 2.50. The number of hydrogen-bond acceptors (Lipinski definition) is 6. The highest BCUT2D eigenvalue weighted by Gasteiger charge is 2.27. The van der Waals surface area contributed by atoms with Crippen LogP contribution in [0.15, 0.2) is 6.07 Å². The minimum atomic E-state index is -0.129. The lowest BCUT2D eigenvalue weighted by atomic mass is 9.87. The van der Waals surface area contributed by atoms with Crippen molar-refractivity contribution >= 4 is 5.97 Å². The van der Waals surface area contributed by atoms with Gasteiger partial charge in [0.05, 0.1) is 19.1 Å². The summed E-state index contributed by atoms with van der Waals surface area (Å²) in [7, 11) is 1.42. The molecule has 0 spiro atoms. The van der Waals surface area contributed by atoms with E-state index in [0.717, 1.165) is 25.7 Å². The van der Waals surface area contributed by atoms with Gasteiger partial charge in [-0.25, -0.2) is 4.98 Å². The Kier molecular flexibility index (Phi) is 4.89. The third-order valence-corrected chi connectivity index (χ3v) is 3.54. The van der Waals surface area contributed by atoms with Gasteiger partial charge in [-0.3, -0.25) is 4.79 Å². The lowest BCUT2D eigenvalue weighted by molar-refractivity contribution is -0.147. The van der Waals surface area contributed by atoms with Crippen molar-refractivity contribution in [2.45, 2.75) is 45.3 Å². The standard InChI is InChI=1S/C14H20N2O4/c1-9-7-13(17)16-12(15-9)8-20-11-5-3-10(4-6-11)14(18)19-2/h7,10-11H,3-6,8H2,1-2H3,(H,15,16,17). The molecule has 6 heteroatoms. The molecule has 0 radical (unpaired) electrons. The Hall–Kier alpha value is -1.69. The van der Waals surface area contributed by atoms with Gasteiger partial charge in [0, 0.05) is 11.8 Å². The second kappa shape index (κ2) is 6.65. The molecular weight excluding hydrogens is 260 g/mol. The number of ether oxygens (including phenoxy) is 2. The van der Waals surface area contributed by atoms with Gasteiger partial charge in [-0.05, 0) is 32.6 Å². The minimum Gasteiger partial charge on any atom is -0.493 e. The molecular formula is C14H20N2O4. The predicted molar refractivity (Wildman–Crippen MR) is 71.0 cm³/mol. The first-order valence-electron chi connectivity index (χ1n) is 6.81. The highest BCUT2D eigenvalue weighted by molar-refractivity contribution is 5.72. The van der Waals surface area contributed by atoms with Crippen molar-refractivity contribution in [1.29, 1.82) is 0 Å². The molecule has 1 aliphatic rings. The van der Waals surface area contributed by atoms with E-state index in [1.165, 1.54) is 13.2 Å². The number of aromatic nitrogens is 2. The van der Waals surface area contributed by atoms with E-state index in [9.17, 15) is 9.90 Å². The molecule has 1 heterocycles. The molecule has 0 unspecified atom stereocenters. The van der Waals surface area contributed by atoms with E-state index in [1.54, 1.807) is 6.92 Å². The zero-order chi connectivity index (χ0) is 14.5. The van der Waals surface area contributed by atoms with E-state index in [-0.39, 0.29) is 30.5 Å². The average molecular weight is 280 g/mol. The van der Waals surface area contributed by atoms with Gasteiger partial charge < -0.3 is 14.6 Å². The average Bonchev–Trinajstić information content (AvgIpc) is 2.44. The maximum absolute atomic E-state index is 11.4. The van der Waals surface area contributed by atoms with Gasteiger partial charge in [0.1, 0.15) is 6.61 Å². The van der Waals surface area contributed by atoms with Crippen molar-refractivity contribution in [2.75, 3.05) is 7.11 Å². The SMILES string of the molecule is COC(=O)C1CCC(OCc2nc(C)cc(O)n2)CC1. The number of aromatic hydroxyl groups is 1. The molecule has 0 bridgehead atoms. The van der Waals surface area contributed by atoms with Crippen molar-refractivity contribution in [3.05, 3.63) is 17.6 Å². The summed E-state index contributed by atoms with van der Waals surface area (Å²) >= 11 is 0. The number of aryl methyl sites for hydroxylation is 1. The maximum atomic E-state index is 11.4. The van der Waals surface area contributed by atoms with Crippen LogP contribution in [0, 0.1) is 12.8 Å². The maximum Gasteiger partial charge on any atom is 0.308 e. The van der Waals surface area contributed by atoms with Crippen LogP contribution in [0.4, 0.5) is 0 Å². The van der Waals surface area contributed by atoms with E-state index in [2.05, 4.69) is 9.97 Å². The summed E-state index contributed by atoms with van der Waals surface area (Å²) in [5.74, 6) is 0.317. The molecule has 1 N–H and O–H groups in total. The van der Waals surface area contributed by atoms with Gasteiger partial charge in [-0.2, -0.15) is 4.98 Å². The number of carbonyl (C=O) groups excluding carboxylic acids is 1. The van der Waals surface area contributed by atoms with E-state index < -0.39 is 0 Å². The highest BCUT2D eigenvalue weighted by atomic mass is 16.5. The first-order valence-corrected chi connectivity index (χ1v) is 6.81. The molecule has 1 fully saturated rings. The zero-order valence-electron chi connectivity index (χ0n) is 11.8. The van der Waals surface area contributed by atoms with E-state index >= 15 is 0 Å². The van der Waals surface area contributed by atoms with Gasteiger partial charge in [0.2, 0.25) is 5.88 Å². The topological polar surface area (TPSA) is 81.5 Å². The van der Waals surface area contributed by atoms with E-state index in [0.29, 0.717) is 11.5 Å². The van der Waals surface area contributed by atoms with Gasteiger partial charge in [0.25, 0.3) is 0 Å². The van der Waals surface area contributed by atoms with Gasteiger partial charge in [0.15, 0.2) is 5.82 Å². The van der Waals surface area contributed by atoms with Crippen molar-refractivity contribution in [3.63, 3.8) is 0 Å². The zero-order valence-corrected chi connectivity index (χ0v) is 11.8. The summed E-state index contributed by atoms with van der Waals surface area (Å²) < 4.78 is 10.5. The number of methoxy groups -OCH3 is 1. The van der Waals surface area contributed by atoms with Gasteiger partial charge in [-0.1, -0.05) is 0 Å². The number of carbonyl (C=O) groups is 1. The molecule has 1 aromatic heterocycles. The third-order valence-electron chi connectivity index (χ3n) is 3.54. The van der Waals surface area contributed by atoms with E-state index in [1.807, 2.05) is 0 Å². The highest BCUT2D eigenvalue weighted by Crippen LogP contribution is 2.27. The predicted octanol–water partition coefficient (Wildman–Crippen LogP) is 1.74. The lowest BCUT2D eigenvalue weighted by Gasteiger charge is -2.26. The molecule has 6 nitrogen and oxygen atoms in total. The second-order valence-electron chi connectivity index (χ2n) is 5.09. The lowest BCUT2D eigenvalue weighted by Crippen LogP contribution is -2.27. The smallest absolute Gasteiger partial charge is 0.308 e. The quantitative estimate of drug-likeness (QED) is 0.846. The molecule has 0 aliphatic heterocycles. The van der Waals surface area contributed by atoms with Crippen LogP contribution in [0.3, 0.4) is 0 Å². The molecule has 110 valence electrons. The van der Waals surface area contributed by atoms with Crippen LogP contribution in [-0.4, -0.2) is 34.3 Å². The number of rotatable bonds is 4. The Morgan fingerprint density at radius 2 is 2.05 bits per heavy atom. The first kappa shape index (κ1) is 14.7. The summed E-state index contributed by atoms with van der Waals surface area (Å²) in [6.45, 7) is 2.08. The van der Waals surface area contributed by atoms with Gasteiger partial charge in [-0.15, -0.1) is 0 Å². The summed E-state index contributed by atoms with van der Waals surface area (Å²) in [5.41, 5.74) is 0.713. The third kappa shape index (κ3) is 3.90. The molecule has 0 saturated heterocycles. The summed E-state index contributed by atoms with van der Waals surface area (Å²) in [6.07, 6.45) is 3.35. The number of esters is 1. The molecule has 1 aromatic rings. The van der Waals surface area contributed by atoms with Gasteiger partial charge >= 0.3 is 5.97 Å². The Morgan fingerprint density at radius 3 is 2.65 bits per heavy atom. The number of nitrogens with zero attached hydrogens (tertiary/aromatic N) is 2. The van der Waals surface area contributed by atoms with E-state index in [4.69, 9.17) is 9.47 Å². The molecule has 0 aromatic carbocycles. The second-order valence-corrected chi connectivity index (χ2v) is 5.09. The van der Waals surface area contributed by atoms with Crippen LogP contribution >= 0.6 is 0 Å². The van der Waals surface area contributed by atoms with Crippen LogP contribution in [0.5, 0.6) is 5.88 Å². The molecule has 1 saturated carbocycles. The van der Waals surface area contributed by atoms with Crippen LogP contribution in [0.25, 0.3) is 0 Å². The summed E-state index contributed by atoms with van der Waals surface area (Å²) in [6, 6.07) is 1.51. The van der Waals surface area contributed by atoms with Crippen LogP contribution < -0.4 is 0 Å². The fourth-order valence-corrected chi connectivity index (χ4v) is 2.50. The van der Waals surface area contributed by atoms with Crippen LogP contribution in [0.2, 0.25) is 0 Å². The van der Waals surface area contributed by atoms with Crippen molar-refractivity contribution < 1.29 is 19.4 Å². The molecule has 2 rings (SSSR count). The summed E-state index contributed by atoms with van der Waals surface area (Å²) in [4.78, 5) is 19.5. The Balaban J connectivity index is 1.80. The molecule has 0 amide bonds. The number of hydrogen-bond donors (Lipinski definition) is 1. The molecule has 20 heavy (non-hydrogen) atoms. The molecule has 0 atom stereocenters. The monoisotopic (exact) mass is 280 g/mol. The van der Waals surface area contributed by atoms with Crippen LogP contribution in [-0.2, 0) is 20.9 Å². The van der Waals surface area contributed by atoms with Crippen molar-refractivity contribution in [3.8, 4) is 5.88 Å². The Bertz CT molecular complexity index is 450. The largest absolute Gasteiger partial charge is 0.493 e. The van der Waals surface area contributed by atoms with Crippen molar-refractivity contribution in [2.24, 2.45) is 5.92 Å². The first-order chi connectivity index (χ1) is 9.58. The minimum absolute atomic E-state index is 0.000820. The van der Waals surface area contributed by atoms with Crippen molar-refractivity contribution in [1.82, 2.24) is 9.97 Å². The van der Waals surface area contributed by atoms with Crippen LogP contribution in [0.1, 0.15) is 37.2 Å². The summed E-state index contributed by atoms with van der Waals surface area (Å²) in [5, 5.41) is 9.40. The fraction of sp³-hybridized carbons (Fsp3) is 0.643. The molecule has 1 aliphatic carbocycles. The Labute approximate surface area is 118 Å². The normalized spacial score (nSPS) is 22.5.